The smallest absolute Gasteiger partial charge is 0.0217 e. The molecule has 0 spiro atoms. The van der Waals surface area contributed by atoms with Gasteiger partial charge in [-0.2, -0.15) is 0 Å². The van der Waals surface area contributed by atoms with E-state index in [0.717, 1.165) is 18.3 Å². The van der Waals surface area contributed by atoms with Crippen molar-refractivity contribution in [1.29, 1.82) is 0 Å². The van der Waals surface area contributed by atoms with Gasteiger partial charge in [0.15, 0.2) is 0 Å². The summed E-state index contributed by atoms with van der Waals surface area (Å²) in [6.45, 7) is 15.5. The molecule has 1 rings (SSSR count). The van der Waals surface area contributed by atoms with E-state index in [4.69, 9.17) is 0 Å². The van der Waals surface area contributed by atoms with Crippen LogP contribution in [-0.4, -0.2) is 37.6 Å². The number of hydrogen-bond donors (Lipinski definition) is 1. The molecule has 200 valence electrons. The molecule has 1 saturated heterocycles. The zero-order valence-corrected chi connectivity index (χ0v) is 23.9. The Morgan fingerprint density at radius 3 is 1.88 bits per heavy atom. The summed E-state index contributed by atoms with van der Waals surface area (Å²) in [5.41, 5.74) is 0. The number of likely N-dealkylation sites (tertiary alicyclic amines) is 1. The molecular weight excluding hydrogens is 412 g/mol. The van der Waals surface area contributed by atoms with Gasteiger partial charge in [-0.15, -0.1) is 5.92 Å². The first-order valence-corrected chi connectivity index (χ1v) is 15.6. The lowest BCUT2D eigenvalue weighted by Gasteiger charge is -2.31. The van der Waals surface area contributed by atoms with Gasteiger partial charge in [-0.1, -0.05) is 111 Å². The lowest BCUT2D eigenvalue weighted by Crippen LogP contribution is -2.38. The van der Waals surface area contributed by atoms with Crippen LogP contribution in [0.25, 0.3) is 0 Å². The lowest BCUT2D eigenvalue weighted by atomic mass is 9.94. The van der Waals surface area contributed by atoms with Gasteiger partial charge in [-0.25, -0.2) is 0 Å². The zero-order valence-electron chi connectivity index (χ0n) is 23.9. The average Bonchev–Trinajstić information content (AvgIpc) is 2.85. The predicted octanol–water partition coefficient (Wildman–Crippen LogP) is 8.85. The number of nitrogens with one attached hydrogen (secondary N) is 1. The van der Waals surface area contributed by atoms with E-state index in [9.17, 15) is 0 Å². The van der Waals surface area contributed by atoms with E-state index in [1.54, 1.807) is 0 Å². The van der Waals surface area contributed by atoms with E-state index in [0.29, 0.717) is 5.92 Å². The molecule has 0 aliphatic carbocycles. The molecule has 1 aliphatic heterocycles. The highest BCUT2D eigenvalue weighted by molar-refractivity contribution is 5.04. The van der Waals surface area contributed by atoms with Crippen molar-refractivity contribution < 1.29 is 0 Å². The highest BCUT2D eigenvalue weighted by atomic mass is 15.1. The van der Waals surface area contributed by atoms with Crippen LogP contribution in [0.4, 0.5) is 0 Å². The van der Waals surface area contributed by atoms with Gasteiger partial charge in [0, 0.05) is 18.9 Å². The second-order valence-electron chi connectivity index (χ2n) is 11.4. The summed E-state index contributed by atoms with van der Waals surface area (Å²) in [5.74, 6) is 9.65. The highest BCUT2D eigenvalue weighted by Gasteiger charge is 2.18. The Bertz CT molecular complexity index is 471. The van der Waals surface area contributed by atoms with Crippen molar-refractivity contribution in [2.45, 2.75) is 143 Å². The standard InChI is InChI=1S/C32H62N2/c1-5-8-11-14-19-30(4)28-33-29-32-23-26-34(27-24-32)25-18-17-22-31(20-15-12-9-6-2)21-16-13-10-7-3/h30-33H,5-16,18-21,23-29H2,1-4H3. The van der Waals surface area contributed by atoms with Crippen LogP contribution in [-0.2, 0) is 0 Å². The van der Waals surface area contributed by atoms with Crippen molar-refractivity contribution in [3.8, 4) is 11.8 Å². The van der Waals surface area contributed by atoms with Gasteiger partial charge in [0.25, 0.3) is 0 Å². The number of hydrogen-bond acceptors (Lipinski definition) is 2. The van der Waals surface area contributed by atoms with E-state index in [2.05, 4.69) is 49.8 Å². The monoisotopic (exact) mass is 474 g/mol. The first-order chi connectivity index (χ1) is 16.7. The van der Waals surface area contributed by atoms with Gasteiger partial charge >= 0.3 is 0 Å². The molecule has 34 heavy (non-hydrogen) atoms. The third-order valence-corrected chi connectivity index (χ3v) is 7.85. The molecule has 1 fully saturated rings. The SMILES string of the molecule is CCCCCCC(C)CNCC1CCN(CCC#CC(CCCCCC)CCCCCC)CC1. The number of rotatable bonds is 21. The number of nitrogens with zero attached hydrogens (tertiary/aromatic N) is 1. The van der Waals surface area contributed by atoms with Gasteiger partial charge in [0.1, 0.15) is 0 Å². The van der Waals surface area contributed by atoms with Crippen LogP contribution in [0.3, 0.4) is 0 Å². The lowest BCUT2D eigenvalue weighted by molar-refractivity contribution is 0.184. The molecule has 0 amide bonds. The minimum Gasteiger partial charge on any atom is -0.316 e. The Balaban J connectivity index is 2.17. The Hall–Kier alpha value is -0.520. The van der Waals surface area contributed by atoms with Crippen LogP contribution in [0.2, 0.25) is 0 Å². The summed E-state index contributed by atoms with van der Waals surface area (Å²) in [5, 5.41) is 3.78. The maximum atomic E-state index is 3.78. The molecule has 0 radical (unpaired) electrons. The summed E-state index contributed by atoms with van der Waals surface area (Å²) in [7, 11) is 0. The van der Waals surface area contributed by atoms with E-state index in [1.807, 2.05) is 0 Å². The Morgan fingerprint density at radius 2 is 1.32 bits per heavy atom. The number of unbranched alkanes of at least 4 members (excludes halogenated alkanes) is 9. The Morgan fingerprint density at radius 1 is 0.765 bits per heavy atom. The van der Waals surface area contributed by atoms with Crippen LogP contribution in [0.1, 0.15) is 143 Å². The van der Waals surface area contributed by atoms with Gasteiger partial charge in [0.2, 0.25) is 0 Å². The Labute approximate surface area is 215 Å². The molecule has 0 bridgehead atoms. The molecule has 2 nitrogen and oxygen atoms in total. The largest absolute Gasteiger partial charge is 0.316 e. The van der Waals surface area contributed by atoms with E-state index in [-0.39, 0.29) is 0 Å². The fourth-order valence-electron chi connectivity index (χ4n) is 5.32. The minimum atomic E-state index is 0.652. The third-order valence-electron chi connectivity index (χ3n) is 7.85. The van der Waals surface area contributed by atoms with Crippen molar-refractivity contribution in [3.63, 3.8) is 0 Å². The quantitative estimate of drug-likeness (QED) is 0.132. The minimum absolute atomic E-state index is 0.652. The fraction of sp³-hybridized carbons (Fsp3) is 0.938. The highest BCUT2D eigenvalue weighted by Crippen LogP contribution is 2.19. The van der Waals surface area contributed by atoms with Crippen LogP contribution in [0.15, 0.2) is 0 Å². The van der Waals surface area contributed by atoms with E-state index < -0.39 is 0 Å². The zero-order chi connectivity index (χ0) is 24.7. The maximum absolute atomic E-state index is 3.78. The summed E-state index contributed by atoms with van der Waals surface area (Å²) < 4.78 is 0. The average molecular weight is 475 g/mol. The third kappa shape index (κ3) is 17.8. The van der Waals surface area contributed by atoms with Gasteiger partial charge in [0.05, 0.1) is 0 Å². The normalized spacial score (nSPS) is 16.0. The molecule has 0 aromatic heterocycles. The molecule has 1 unspecified atom stereocenters. The molecule has 0 aromatic rings. The van der Waals surface area contributed by atoms with Crippen molar-refractivity contribution in [3.05, 3.63) is 0 Å². The summed E-state index contributed by atoms with van der Waals surface area (Å²) >= 11 is 0. The second kappa shape index (κ2) is 22.9. The topological polar surface area (TPSA) is 15.3 Å². The predicted molar refractivity (Wildman–Crippen MR) is 153 cm³/mol. The van der Waals surface area contributed by atoms with Crippen LogP contribution >= 0.6 is 0 Å². The number of piperidine rings is 1. The van der Waals surface area contributed by atoms with E-state index in [1.165, 1.54) is 142 Å². The van der Waals surface area contributed by atoms with Crippen molar-refractivity contribution >= 4 is 0 Å². The summed E-state index contributed by atoms with van der Waals surface area (Å²) in [4.78, 5) is 2.67. The first-order valence-electron chi connectivity index (χ1n) is 15.6. The second-order valence-corrected chi connectivity index (χ2v) is 11.4. The molecule has 1 heterocycles. The van der Waals surface area contributed by atoms with Crippen LogP contribution < -0.4 is 5.32 Å². The van der Waals surface area contributed by atoms with Crippen LogP contribution in [0.5, 0.6) is 0 Å². The van der Waals surface area contributed by atoms with E-state index >= 15 is 0 Å². The van der Waals surface area contributed by atoms with Gasteiger partial charge in [-0.3, -0.25) is 0 Å². The van der Waals surface area contributed by atoms with Crippen molar-refractivity contribution in [1.82, 2.24) is 10.2 Å². The van der Waals surface area contributed by atoms with Gasteiger partial charge in [-0.05, 0) is 70.1 Å². The first kappa shape index (κ1) is 31.5. The molecule has 1 atom stereocenters. The van der Waals surface area contributed by atoms with Crippen molar-refractivity contribution in [2.24, 2.45) is 17.8 Å². The summed E-state index contributed by atoms with van der Waals surface area (Å²) in [6.07, 6.45) is 24.4. The summed E-state index contributed by atoms with van der Waals surface area (Å²) in [6, 6.07) is 0. The fourth-order valence-corrected chi connectivity index (χ4v) is 5.32. The molecule has 0 saturated carbocycles. The molecule has 2 heteroatoms. The molecule has 1 N–H and O–H groups in total. The molecular formula is C32H62N2. The van der Waals surface area contributed by atoms with Gasteiger partial charge < -0.3 is 10.2 Å². The maximum Gasteiger partial charge on any atom is 0.0217 e. The van der Waals surface area contributed by atoms with Crippen molar-refractivity contribution in [2.75, 3.05) is 32.7 Å². The molecule has 1 aliphatic rings. The molecule has 0 aromatic carbocycles. The Kier molecular flexibility index (Phi) is 21.2. The van der Waals surface area contributed by atoms with Crippen LogP contribution in [0, 0.1) is 29.6 Å².